The van der Waals surface area contributed by atoms with Crippen LogP contribution >= 0.6 is 0 Å². The van der Waals surface area contributed by atoms with Crippen LogP contribution in [0.3, 0.4) is 0 Å². The highest BCUT2D eigenvalue weighted by molar-refractivity contribution is 5.94. The Balaban J connectivity index is 2.08. The standard InChI is InChI=1S/C16H19N5/c1-11(4-5-17-2)12-6-14-15(9-19-16(14)18-7-12)13-8-20-21(3)10-13/h4,6-10,17H,5H2,1-3H3,(H,18,19)/b11-4+. The van der Waals surface area contributed by atoms with E-state index in [1.165, 1.54) is 5.57 Å². The number of aromatic nitrogens is 4. The summed E-state index contributed by atoms with van der Waals surface area (Å²) in [5.74, 6) is 0. The molecule has 0 spiro atoms. The van der Waals surface area contributed by atoms with Crippen LogP contribution in [0.4, 0.5) is 0 Å². The first-order chi connectivity index (χ1) is 10.2. The van der Waals surface area contributed by atoms with Gasteiger partial charge in [-0.1, -0.05) is 6.08 Å². The van der Waals surface area contributed by atoms with Crippen molar-refractivity contribution < 1.29 is 0 Å². The van der Waals surface area contributed by atoms with Crippen molar-refractivity contribution in [1.82, 2.24) is 25.1 Å². The minimum absolute atomic E-state index is 0.854. The van der Waals surface area contributed by atoms with Gasteiger partial charge in [-0.25, -0.2) is 4.98 Å². The van der Waals surface area contributed by atoms with Gasteiger partial charge in [-0.05, 0) is 31.2 Å². The van der Waals surface area contributed by atoms with Gasteiger partial charge in [0, 0.05) is 48.7 Å². The monoisotopic (exact) mass is 281 g/mol. The topological polar surface area (TPSA) is 58.5 Å². The SMILES string of the molecule is CNC/C=C(\C)c1cnc2[nH]cc(-c3cnn(C)c3)c2c1. The molecule has 0 aromatic carbocycles. The second-order valence-corrected chi connectivity index (χ2v) is 5.17. The summed E-state index contributed by atoms with van der Waals surface area (Å²) in [7, 11) is 3.87. The largest absolute Gasteiger partial charge is 0.346 e. The maximum Gasteiger partial charge on any atom is 0.137 e. The maximum absolute atomic E-state index is 4.52. The van der Waals surface area contributed by atoms with Crippen molar-refractivity contribution in [2.75, 3.05) is 13.6 Å². The minimum atomic E-state index is 0.854. The lowest BCUT2D eigenvalue weighted by molar-refractivity contribution is 0.768. The summed E-state index contributed by atoms with van der Waals surface area (Å²) in [5.41, 5.74) is 5.49. The molecule has 5 nitrogen and oxygen atoms in total. The van der Waals surface area contributed by atoms with E-state index in [9.17, 15) is 0 Å². The number of fused-ring (bicyclic) bond motifs is 1. The van der Waals surface area contributed by atoms with E-state index in [0.717, 1.165) is 34.3 Å². The Hall–Kier alpha value is -2.40. The van der Waals surface area contributed by atoms with Gasteiger partial charge in [-0.2, -0.15) is 5.10 Å². The van der Waals surface area contributed by atoms with E-state index in [2.05, 4.69) is 39.4 Å². The van der Waals surface area contributed by atoms with Crippen molar-refractivity contribution in [3.63, 3.8) is 0 Å². The number of aryl methyl sites for hydroxylation is 1. The van der Waals surface area contributed by atoms with Gasteiger partial charge in [-0.3, -0.25) is 4.68 Å². The summed E-state index contributed by atoms with van der Waals surface area (Å²) >= 11 is 0. The van der Waals surface area contributed by atoms with Crippen LogP contribution in [-0.2, 0) is 7.05 Å². The smallest absolute Gasteiger partial charge is 0.137 e. The molecule has 3 aromatic rings. The first-order valence-electron chi connectivity index (χ1n) is 6.97. The van der Waals surface area contributed by atoms with Gasteiger partial charge in [-0.15, -0.1) is 0 Å². The lowest BCUT2D eigenvalue weighted by atomic mass is 10.0. The van der Waals surface area contributed by atoms with E-state index in [0.29, 0.717) is 0 Å². The van der Waals surface area contributed by atoms with Crippen molar-refractivity contribution >= 4 is 16.6 Å². The summed E-state index contributed by atoms with van der Waals surface area (Å²) in [6.45, 7) is 2.96. The van der Waals surface area contributed by atoms with Crippen LogP contribution in [0.15, 0.2) is 36.9 Å². The summed E-state index contributed by atoms with van der Waals surface area (Å²) in [5, 5.41) is 8.49. The highest BCUT2D eigenvalue weighted by Crippen LogP contribution is 2.29. The molecule has 0 aliphatic rings. The first-order valence-corrected chi connectivity index (χ1v) is 6.97. The fourth-order valence-corrected chi connectivity index (χ4v) is 2.39. The van der Waals surface area contributed by atoms with E-state index >= 15 is 0 Å². The zero-order valence-corrected chi connectivity index (χ0v) is 12.5. The van der Waals surface area contributed by atoms with E-state index in [1.807, 2.05) is 43.6 Å². The molecule has 0 amide bonds. The summed E-state index contributed by atoms with van der Waals surface area (Å²) in [6.07, 6.45) is 9.95. The number of hydrogen-bond donors (Lipinski definition) is 2. The third-order valence-corrected chi connectivity index (χ3v) is 3.61. The molecule has 3 rings (SSSR count). The number of aromatic amines is 1. The molecule has 0 aliphatic heterocycles. The number of nitrogens with one attached hydrogen (secondary N) is 2. The molecule has 3 aromatic heterocycles. The molecule has 0 aliphatic carbocycles. The lowest BCUT2D eigenvalue weighted by Crippen LogP contribution is -2.04. The summed E-state index contributed by atoms with van der Waals surface area (Å²) in [6, 6.07) is 2.18. The fraction of sp³-hybridized carbons (Fsp3) is 0.250. The molecule has 0 atom stereocenters. The highest BCUT2D eigenvalue weighted by Gasteiger charge is 2.10. The third-order valence-electron chi connectivity index (χ3n) is 3.61. The highest BCUT2D eigenvalue weighted by atomic mass is 15.2. The molecular formula is C16H19N5. The average molecular weight is 281 g/mol. The van der Waals surface area contributed by atoms with Crippen LogP contribution in [-0.4, -0.2) is 33.3 Å². The van der Waals surface area contributed by atoms with Gasteiger partial charge < -0.3 is 10.3 Å². The molecule has 0 bridgehead atoms. The number of likely N-dealkylation sites (N-methyl/N-ethyl adjacent to an activating group) is 1. The van der Waals surface area contributed by atoms with E-state index < -0.39 is 0 Å². The normalized spacial score (nSPS) is 12.2. The molecule has 0 unspecified atom stereocenters. The number of rotatable bonds is 4. The molecule has 21 heavy (non-hydrogen) atoms. The Morgan fingerprint density at radius 2 is 2.29 bits per heavy atom. The number of H-pyrrole nitrogens is 1. The van der Waals surface area contributed by atoms with E-state index in [1.54, 1.807) is 0 Å². The second kappa shape index (κ2) is 5.54. The number of pyridine rings is 1. The first kappa shape index (κ1) is 13.6. The quantitative estimate of drug-likeness (QED) is 0.773. The Morgan fingerprint density at radius 3 is 3.00 bits per heavy atom. The van der Waals surface area contributed by atoms with Crippen molar-refractivity contribution in [1.29, 1.82) is 0 Å². The van der Waals surface area contributed by atoms with E-state index in [4.69, 9.17) is 0 Å². The number of allylic oxidation sites excluding steroid dienone is 1. The Labute approximate surface area is 123 Å². The molecule has 3 heterocycles. The second-order valence-electron chi connectivity index (χ2n) is 5.17. The molecule has 108 valence electrons. The fourth-order valence-electron chi connectivity index (χ4n) is 2.39. The van der Waals surface area contributed by atoms with Gasteiger partial charge in [0.15, 0.2) is 0 Å². The predicted molar refractivity (Wildman–Crippen MR) is 85.9 cm³/mol. The van der Waals surface area contributed by atoms with Crippen molar-refractivity contribution in [2.45, 2.75) is 6.92 Å². The Kier molecular flexibility index (Phi) is 3.58. The van der Waals surface area contributed by atoms with Crippen LogP contribution in [0.2, 0.25) is 0 Å². The van der Waals surface area contributed by atoms with Gasteiger partial charge in [0.25, 0.3) is 0 Å². The van der Waals surface area contributed by atoms with E-state index in [-0.39, 0.29) is 0 Å². The molecular weight excluding hydrogens is 262 g/mol. The van der Waals surface area contributed by atoms with Gasteiger partial charge in [0.05, 0.1) is 6.20 Å². The molecule has 0 radical (unpaired) electrons. The van der Waals surface area contributed by atoms with Crippen molar-refractivity contribution in [3.8, 4) is 11.1 Å². The molecule has 0 fully saturated rings. The van der Waals surface area contributed by atoms with Gasteiger partial charge >= 0.3 is 0 Å². The van der Waals surface area contributed by atoms with Gasteiger partial charge in [0.2, 0.25) is 0 Å². The molecule has 2 N–H and O–H groups in total. The number of hydrogen-bond acceptors (Lipinski definition) is 3. The van der Waals surface area contributed by atoms with Crippen molar-refractivity contribution in [2.24, 2.45) is 7.05 Å². The Morgan fingerprint density at radius 1 is 1.43 bits per heavy atom. The van der Waals surface area contributed by atoms with Crippen LogP contribution in [0.1, 0.15) is 12.5 Å². The van der Waals surface area contributed by atoms with Crippen LogP contribution < -0.4 is 5.32 Å². The van der Waals surface area contributed by atoms with Crippen LogP contribution in [0, 0.1) is 0 Å². The van der Waals surface area contributed by atoms with Gasteiger partial charge in [0.1, 0.15) is 5.65 Å². The Bertz CT molecular complexity index is 794. The molecule has 0 saturated carbocycles. The zero-order chi connectivity index (χ0) is 14.8. The van der Waals surface area contributed by atoms with Crippen molar-refractivity contribution in [3.05, 3.63) is 42.5 Å². The average Bonchev–Trinajstić information content (AvgIpc) is 3.09. The predicted octanol–water partition coefficient (Wildman–Crippen LogP) is 2.59. The maximum atomic E-state index is 4.52. The van der Waals surface area contributed by atoms with Crippen LogP contribution in [0.25, 0.3) is 27.7 Å². The molecule has 0 saturated heterocycles. The zero-order valence-electron chi connectivity index (χ0n) is 12.5. The third kappa shape index (κ3) is 2.60. The lowest BCUT2D eigenvalue weighted by Gasteiger charge is -2.03. The summed E-state index contributed by atoms with van der Waals surface area (Å²) < 4.78 is 1.81. The molecule has 5 heteroatoms. The van der Waals surface area contributed by atoms with Crippen LogP contribution in [0.5, 0.6) is 0 Å². The minimum Gasteiger partial charge on any atom is -0.346 e. The number of nitrogens with zero attached hydrogens (tertiary/aromatic N) is 3. The summed E-state index contributed by atoms with van der Waals surface area (Å²) in [4.78, 5) is 7.74.